The van der Waals surface area contributed by atoms with E-state index in [1.165, 1.54) is 24.8 Å². The standard InChI is InChI=1S/C22H27N5.HI/c1-23-21(24-14-11-19-16-27-15-6-5-10-20(27)26-19)25-17-22(12-7-13-22)18-8-3-2-4-9-18;/h2-6,8-10,15-16H,7,11-14,17H2,1H3,(H2,23,24,25);1H. The highest BCUT2D eigenvalue weighted by molar-refractivity contribution is 14.0. The summed E-state index contributed by atoms with van der Waals surface area (Å²) in [5, 5.41) is 6.96. The smallest absolute Gasteiger partial charge is 0.191 e. The average molecular weight is 489 g/mol. The molecule has 0 bridgehead atoms. The summed E-state index contributed by atoms with van der Waals surface area (Å²) < 4.78 is 2.06. The summed E-state index contributed by atoms with van der Waals surface area (Å²) in [6, 6.07) is 16.9. The maximum absolute atomic E-state index is 4.65. The van der Waals surface area contributed by atoms with Gasteiger partial charge in [-0.05, 0) is 30.5 Å². The van der Waals surface area contributed by atoms with E-state index < -0.39 is 0 Å². The SMILES string of the molecule is CN=C(NCCc1cn2ccccc2n1)NCC1(c2ccccc2)CCC1.I. The zero-order valence-corrected chi connectivity index (χ0v) is 18.6. The molecule has 1 saturated carbocycles. The summed E-state index contributed by atoms with van der Waals surface area (Å²) in [5.41, 5.74) is 3.76. The van der Waals surface area contributed by atoms with E-state index >= 15 is 0 Å². The van der Waals surface area contributed by atoms with Crippen molar-refractivity contribution in [1.82, 2.24) is 20.0 Å². The highest BCUT2D eigenvalue weighted by Gasteiger charge is 2.38. The van der Waals surface area contributed by atoms with E-state index in [4.69, 9.17) is 0 Å². The lowest BCUT2D eigenvalue weighted by Crippen LogP contribution is -2.49. The number of halogens is 1. The van der Waals surface area contributed by atoms with Crippen LogP contribution in [0.3, 0.4) is 0 Å². The van der Waals surface area contributed by atoms with Gasteiger partial charge in [-0.3, -0.25) is 4.99 Å². The van der Waals surface area contributed by atoms with Crippen LogP contribution >= 0.6 is 24.0 Å². The van der Waals surface area contributed by atoms with Gasteiger partial charge in [-0.25, -0.2) is 4.98 Å². The molecule has 1 aliphatic carbocycles. The molecule has 148 valence electrons. The highest BCUT2D eigenvalue weighted by Crippen LogP contribution is 2.43. The number of benzene rings is 1. The number of pyridine rings is 1. The van der Waals surface area contributed by atoms with Crippen molar-refractivity contribution in [3.05, 3.63) is 72.2 Å². The molecule has 0 radical (unpaired) electrons. The van der Waals surface area contributed by atoms with Crippen molar-refractivity contribution >= 4 is 35.6 Å². The summed E-state index contributed by atoms with van der Waals surface area (Å²) in [6.45, 7) is 1.73. The van der Waals surface area contributed by atoms with E-state index in [1.807, 2.05) is 31.4 Å². The number of nitrogens with zero attached hydrogens (tertiary/aromatic N) is 3. The number of rotatable bonds is 6. The molecule has 1 aliphatic rings. The van der Waals surface area contributed by atoms with Crippen molar-refractivity contribution in [3.8, 4) is 0 Å². The van der Waals surface area contributed by atoms with E-state index in [0.29, 0.717) is 0 Å². The largest absolute Gasteiger partial charge is 0.356 e. The van der Waals surface area contributed by atoms with Gasteiger partial charge in [0, 0.05) is 44.4 Å². The molecule has 6 heteroatoms. The summed E-state index contributed by atoms with van der Waals surface area (Å²) >= 11 is 0. The molecule has 0 saturated heterocycles. The third-order valence-corrected chi connectivity index (χ3v) is 5.60. The molecule has 3 aromatic rings. The van der Waals surface area contributed by atoms with Gasteiger partial charge in [0.1, 0.15) is 5.65 Å². The molecule has 0 amide bonds. The van der Waals surface area contributed by atoms with Crippen molar-refractivity contribution in [1.29, 1.82) is 0 Å². The second-order valence-corrected chi connectivity index (χ2v) is 7.30. The summed E-state index contributed by atoms with van der Waals surface area (Å²) in [6.07, 6.45) is 8.76. The van der Waals surface area contributed by atoms with Crippen LogP contribution in [0.1, 0.15) is 30.5 Å². The Morgan fingerprint density at radius 1 is 1.11 bits per heavy atom. The van der Waals surface area contributed by atoms with Gasteiger partial charge >= 0.3 is 0 Å². The second-order valence-electron chi connectivity index (χ2n) is 7.30. The van der Waals surface area contributed by atoms with Gasteiger partial charge in [0.25, 0.3) is 0 Å². The van der Waals surface area contributed by atoms with Crippen molar-refractivity contribution in [3.63, 3.8) is 0 Å². The Kier molecular flexibility index (Phi) is 6.93. The number of guanidine groups is 1. The van der Waals surface area contributed by atoms with Crippen molar-refractivity contribution in [2.24, 2.45) is 4.99 Å². The van der Waals surface area contributed by atoms with Gasteiger partial charge in [-0.15, -0.1) is 24.0 Å². The third kappa shape index (κ3) is 4.48. The van der Waals surface area contributed by atoms with Gasteiger partial charge in [0.2, 0.25) is 0 Å². The summed E-state index contributed by atoms with van der Waals surface area (Å²) in [4.78, 5) is 9.03. The summed E-state index contributed by atoms with van der Waals surface area (Å²) in [7, 11) is 1.83. The van der Waals surface area contributed by atoms with Crippen LogP contribution in [0.5, 0.6) is 0 Å². The van der Waals surface area contributed by atoms with Crippen LogP contribution in [-0.4, -0.2) is 35.5 Å². The molecule has 2 heterocycles. The molecule has 1 fully saturated rings. The quantitative estimate of drug-likeness (QED) is 0.315. The first-order valence-electron chi connectivity index (χ1n) is 9.72. The Bertz CT molecular complexity index is 882. The maximum atomic E-state index is 4.65. The van der Waals surface area contributed by atoms with Gasteiger partial charge in [0.05, 0.1) is 5.69 Å². The number of hydrogen-bond donors (Lipinski definition) is 2. The zero-order valence-electron chi connectivity index (χ0n) is 16.3. The number of hydrogen-bond acceptors (Lipinski definition) is 2. The normalized spacial score (nSPS) is 15.5. The predicted octanol–water partition coefficient (Wildman–Crippen LogP) is 3.78. The molecular formula is C22H28IN5. The Morgan fingerprint density at radius 3 is 2.57 bits per heavy atom. The topological polar surface area (TPSA) is 53.7 Å². The molecule has 28 heavy (non-hydrogen) atoms. The minimum atomic E-state index is 0. The molecule has 1 aromatic carbocycles. The predicted molar refractivity (Wildman–Crippen MR) is 126 cm³/mol. The number of imidazole rings is 1. The number of aliphatic imine (C=N–C) groups is 1. The zero-order chi connectivity index (χ0) is 18.5. The molecule has 4 rings (SSSR count). The van der Waals surface area contributed by atoms with Crippen LogP contribution in [-0.2, 0) is 11.8 Å². The molecule has 0 unspecified atom stereocenters. The molecular weight excluding hydrogens is 461 g/mol. The lowest BCUT2D eigenvalue weighted by atomic mass is 9.64. The van der Waals surface area contributed by atoms with Crippen LogP contribution in [0.2, 0.25) is 0 Å². The van der Waals surface area contributed by atoms with E-state index in [1.54, 1.807) is 0 Å². The van der Waals surface area contributed by atoms with Gasteiger partial charge < -0.3 is 15.0 Å². The first-order valence-corrected chi connectivity index (χ1v) is 9.72. The van der Waals surface area contributed by atoms with Crippen LogP contribution in [0.25, 0.3) is 5.65 Å². The fourth-order valence-corrected chi connectivity index (χ4v) is 3.85. The third-order valence-electron chi connectivity index (χ3n) is 5.60. The Hall–Kier alpha value is -2.09. The fourth-order valence-electron chi connectivity index (χ4n) is 3.85. The molecule has 0 aliphatic heterocycles. The van der Waals surface area contributed by atoms with E-state index in [9.17, 15) is 0 Å². The van der Waals surface area contributed by atoms with E-state index in [0.717, 1.165) is 36.8 Å². The van der Waals surface area contributed by atoms with Crippen LogP contribution in [0.4, 0.5) is 0 Å². The Balaban J connectivity index is 0.00000225. The van der Waals surface area contributed by atoms with E-state index in [2.05, 4.69) is 61.5 Å². The van der Waals surface area contributed by atoms with Crippen molar-refractivity contribution in [2.75, 3.05) is 20.1 Å². The molecule has 5 nitrogen and oxygen atoms in total. The Labute approximate surface area is 183 Å². The number of aromatic nitrogens is 2. The number of nitrogens with one attached hydrogen (secondary N) is 2. The van der Waals surface area contributed by atoms with Crippen molar-refractivity contribution in [2.45, 2.75) is 31.1 Å². The lowest BCUT2D eigenvalue weighted by Gasteiger charge is -2.43. The monoisotopic (exact) mass is 489 g/mol. The number of fused-ring (bicyclic) bond motifs is 1. The first-order chi connectivity index (χ1) is 13.3. The van der Waals surface area contributed by atoms with Crippen molar-refractivity contribution < 1.29 is 0 Å². The lowest BCUT2D eigenvalue weighted by molar-refractivity contribution is 0.244. The van der Waals surface area contributed by atoms with Crippen LogP contribution in [0.15, 0.2) is 65.9 Å². The van der Waals surface area contributed by atoms with Gasteiger partial charge in [-0.1, -0.05) is 42.8 Å². The van der Waals surface area contributed by atoms with Gasteiger partial charge in [0.15, 0.2) is 5.96 Å². The molecule has 0 spiro atoms. The maximum Gasteiger partial charge on any atom is 0.191 e. The molecule has 2 N–H and O–H groups in total. The van der Waals surface area contributed by atoms with Gasteiger partial charge in [-0.2, -0.15) is 0 Å². The molecule has 2 aromatic heterocycles. The highest BCUT2D eigenvalue weighted by atomic mass is 127. The fraction of sp³-hybridized carbons (Fsp3) is 0.364. The second kappa shape index (κ2) is 9.41. The van der Waals surface area contributed by atoms with Crippen LogP contribution in [0, 0.1) is 0 Å². The Morgan fingerprint density at radius 2 is 1.89 bits per heavy atom. The molecule has 0 atom stereocenters. The van der Waals surface area contributed by atoms with E-state index in [-0.39, 0.29) is 29.4 Å². The minimum absolute atomic E-state index is 0. The average Bonchev–Trinajstić information content (AvgIpc) is 3.09. The summed E-state index contributed by atoms with van der Waals surface area (Å²) in [5.74, 6) is 0.862. The first kappa shape index (κ1) is 20.6. The minimum Gasteiger partial charge on any atom is -0.356 e. The van der Waals surface area contributed by atoms with Crippen LogP contribution < -0.4 is 10.6 Å².